The minimum atomic E-state index is -1.37. The lowest BCUT2D eigenvalue weighted by molar-refractivity contribution is -0.150. The van der Waals surface area contributed by atoms with Crippen LogP contribution in [0.5, 0.6) is 0 Å². The normalized spacial score (nSPS) is 20.4. The van der Waals surface area contributed by atoms with Gasteiger partial charge in [0.25, 0.3) is 22.7 Å². The maximum atomic E-state index is 12.7. The Morgan fingerprint density at radius 2 is 2.00 bits per heavy atom. The molecule has 2 aliphatic heterocycles. The molecule has 33 heavy (non-hydrogen) atoms. The average molecular weight is 493 g/mol. The molecule has 1 aromatic carbocycles. The van der Waals surface area contributed by atoms with Gasteiger partial charge in [-0.25, -0.2) is 9.78 Å². The summed E-state index contributed by atoms with van der Waals surface area (Å²) in [5.74, 6) is -2.78. The van der Waals surface area contributed by atoms with Crippen LogP contribution in [0.25, 0.3) is 0 Å². The van der Waals surface area contributed by atoms with Crippen molar-refractivity contribution in [1.82, 2.24) is 15.2 Å². The van der Waals surface area contributed by atoms with Gasteiger partial charge in [0.15, 0.2) is 10.8 Å². The summed E-state index contributed by atoms with van der Waals surface area (Å²) in [6.07, 6.45) is 0. The van der Waals surface area contributed by atoms with Crippen LogP contribution in [0.15, 0.2) is 31.4 Å². The van der Waals surface area contributed by atoms with Crippen LogP contribution in [0, 0.1) is 0 Å². The van der Waals surface area contributed by atoms with Crippen molar-refractivity contribution in [3.8, 4) is 0 Å². The SMILES string of the molecule is Nc1nc(/C(=N/O)C(=O)N[C@@H]2C(=O)N3C(C(=O)O)=C(CNc4c(N)c(=O)c4=O)CS[C@H]23)cs1. The third-order valence-electron chi connectivity index (χ3n) is 5.04. The molecule has 1 fully saturated rings. The number of nitrogens with two attached hydrogens (primary N) is 2. The number of aromatic nitrogens is 1. The second-order valence-corrected chi connectivity index (χ2v) is 8.93. The van der Waals surface area contributed by atoms with Crippen molar-refractivity contribution < 1.29 is 24.7 Å². The number of oxime groups is 1. The van der Waals surface area contributed by atoms with Crippen molar-refractivity contribution in [2.24, 2.45) is 5.16 Å². The number of nitrogens with one attached hydrogen (secondary N) is 2. The Hall–Kier alpha value is -3.92. The lowest BCUT2D eigenvalue weighted by atomic mass is 10.0. The predicted octanol–water partition coefficient (Wildman–Crippen LogP) is -2.07. The van der Waals surface area contributed by atoms with E-state index in [1.807, 2.05) is 0 Å². The van der Waals surface area contributed by atoms with Gasteiger partial charge < -0.3 is 32.4 Å². The van der Waals surface area contributed by atoms with Gasteiger partial charge in [-0.1, -0.05) is 5.16 Å². The number of β-lactam (4-membered cyclic amide) rings is 1. The maximum Gasteiger partial charge on any atom is 0.352 e. The van der Waals surface area contributed by atoms with E-state index in [4.69, 9.17) is 11.5 Å². The van der Waals surface area contributed by atoms with Crippen LogP contribution in [0.1, 0.15) is 5.69 Å². The first kappa shape index (κ1) is 22.3. The smallest absolute Gasteiger partial charge is 0.352 e. The number of anilines is 3. The molecule has 0 unspecified atom stereocenters. The molecule has 8 N–H and O–H groups in total. The number of hydrogen-bond acceptors (Lipinski definition) is 13. The highest BCUT2D eigenvalue weighted by Crippen LogP contribution is 2.40. The summed E-state index contributed by atoms with van der Waals surface area (Å²) in [4.78, 5) is 64.8. The molecular formula is C17H15N7O7S2. The first-order valence-corrected chi connectivity index (χ1v) is 11.1. The molecule has 0 saturated carbocycles. The molecule has 0 aliphatic carbocycles. The van der Waals surface area contributed by atoms with Crippen LogP contribution in [0.3, 0.4) is 0 Å². The van der Waals surface area contributed by atoms with Crippen molar-refractivity contribution in [2.45, 2.75) is 11.4 Å². The second kappa shape index (κ2) is 8.21. The van der Waals surface area contributed by atoms with Crippen LogP contribution in [-0.4, -0.2) is 67.4 Å². The zero-order chi connectivity index (χ0) is 24.0. The van der Waals surface area contributed by atoms with Crippen LogP contribution >= 0.6 is 23.1 Å². The van der Waals surface area contributed by atoms with Crippen molar-refractivity contribution in [2.75, 3.05) is 29.1 Å². The molecule has 4 rings (SSSR count). The van der Waals surface area contributed by atoms with Gasteiger partial charge in [0.1, 0.15) is 34.2 Å². The van der Waals surface area contributed by atoms with Gasteiger partial charge in [-0.05, 0) is 5.57 Å². The Labute approximate surface area is 191 Å². The molecule has 1 aromatic heterocycles. The highest BCUT2D eigenvalue weighted by molar-refractivity contribution is 8.00. The van der Waals surface area contributed by atoms with Gasteiger partial charge in [-0.15, -0.1) is 23.1 Å². The fourth-order valence-electron chi connectivity index (χ4n) is 3.42. The number of fused-ring (bicyclic) bond motifs is 1. The fraction of sp³-hybridized carbons (Fsp3) is 0.235. The highest BCUT2D eigenvalue weighted by Gasteiger charge is 2.54. The number of carboxylic acids is 1. The Balaban J connectivity index is 1.49. The summed E-state index contributed by atoms with van der Waals surface area (Å²) in [5.41, 5.74) is 8.63. The molecule has 16 heteroatoms. The molecule has 172 valence electrons. The number of amides is 2. The minimum absolute atomic E-state index is 0.0227. The fourth-order valence-corrected chi connectivity index (χ4v) is 5.31. The standard InChI is InChI=1S/C17H15N7O7S2/c18-6-8(12(26)11(6)25)20-1-4-2-32-15-9(14(28)24(15)10(4)16(29)30)22-13(27)7(23-31)5-3-33-17(19)21-5/h3,9,15,20,31H,1-2,18H2,(H2,19,21)(H,22,27)(H,29,30)/b23-7-/t9-,15-/m1/s1. The van der Waals surface area contributed by atoms with Gasteiger partial charge in [0, 0.05) is 17.7 Å². The quantitative estimate of drug-likeness (QED) is 0.0803. The van der Waals surface area contributed by atoms with Gasteiger partial charge in [0.05, 0.1) is 0 Å². The monoisotopic (exact) mass is 493 g/mol. The third-order valence-corrected chi connectivity index (χ3v) is 7.06. The second-order valence-electron chi connectivity index (χ2n) is 6.94. The van der Waals surface area contributed by atoms with E-state index in [0.29, 0.717) is 5.57 Å². The van der Waals surface area contributed by atoms with Gasteiger partial charge in [0.2, 0.25) is 0 Å². The van der Waals surface area contributed by atoms with Gasteiger partial charge in [-0.3, -0.25) is 24.1 Å². The van der Waals surface area contributed by atoms with Crippen LogP contribution in [0.2, 0.25) is 0 Å². The lowest BCUT2D eigenvalue weighted by Gasteiger charge is -2.49. The van der Waals surface area contributed by atoms with Crippen LogP contribution in [0.4, 0.5) is 16.5 Å². The molecule has 1 saturated heterocycles. The number of carboxylic acid groups (broad SMARTS) is 1. The molecule has 3 heterocycles. The number of thioether (sulfide) groups is 1. The Bertz CT molecular complexity index is 1320. The molecule has 2 atom stereocenters. The molecule has 14 nitrogen and oxygen atoms in total. The lowest BCUT2D eigenvalue weighted by Crippen LogP contribution is -2.71. The maximum absolute atomic E-state index is 12.7. The van der Waals surface area contributed by atoms with E-state index < -0.39 is 45.8 Å². The Morgan fingerprint density at radius 3 is 2.58 bits per heavy atom. The number of hydrogen-bond donors (Lipinski definition) is 6. The van der Waals surface area contributed by atoms with Crippen molar-refractivity contribution in [1.29, 1.82) is 0 Å². The predicted molar refractivity (Wildman–Crippen MR) is 119 cm³/mol. The van der Waals surface area contributed by atoms with E-state index in [2.05, 4.69) is 20.8 Å². The third kappa shape index (κ3) is 3.58. The van der Waals surface area contributed by atoms with E-state index in [0.717, 1.165) is 16.2 Å². The van der Waals surface area contributed by atoms with Gasteiger partial charge >= 0.3 is 5.97 Å². The van der Waals surface area contributed by atoms with Crippen molar-refractivity contribution in [3.05, 3.63) is 42.8 Å². The molecule has 2 aromatic rings. The molecule has 0 spiro atoms. The van der Waals surface area contributed by atoms with E-state index in [9.17, 15) is 34.3 Å². The summed E-state index contributed by atoms with van der Waals surface area (Å²) in [5, 5.41) is 27.7. The number of rotatable bonds is 7. The minimum Gasteiger partial charge on any atom is -0.477 e. The molecule has 2 amide bonds. The largest absolute Gasteiger partial charge is 0.477 e. The summed E-state index contributed by atoms with van der Waals surface area (Å²) >= 11 is 2.22. The van der Waals surface area contributed by atoms with Crippen molar-refractivity contribution in [3.63, 3.8) is 0 Å². The van der Waals surface area contributed by atoms with E-state index in [1.54, 1.807) is 0 Å². The molecule has 0 bridgehead atoms. The number of carbonyl (C=O) groups excluding carboxylic acids is 2. The van der Waals surface area contributed by atoms with Gasteiger partial charge in [-0.2, -0.15) is 0 Å². The summed E-state index contributed by atoms with van der Waals surface area (Å²) in [6, 6.07) is -1.07. The number of thiazole rings is 1. The van der Waals surface area contributed by atoms with E-state index >= 15 is 0 Å². The number of nitrogens with zero attached hydrogens (tertiary/aromatic N) is 3. The van der Waals surface area contributed by atoms with E-state index in [-0.39, 0.29) is 40.2 Å². The summed E-state index contributed by atoms with van der Waals surface area (Å²) < 4.78 is 0. The molecule has 0 radical (unpaired) electrons. The summed E-state index contributed by atoms with van der Waals surface area (Å²) in [6.45, 7) is -0.121. The summed E-state index contributed by atoms with van der Waals surface area (Å²) in [7, 11) is 0. The van der Waals surface area contributed by atoms with Crippen LogP contribution < -0.4 is 33.0 Å². The Kier molecular flexibility index (Phi) is 5.54. The zero-order valence-electron chi connectivity index (χ0n) is 16.4. The first-order valence-electron chi connectivity index (χ1n) is 9.12. The Morgan fingerprint density at radius 1 is 1.27 bits per heavy atom. The highest BCUT2D eigenvalue weighted by atomic mass is 32.2. The zero-order valence-corrected chi connectivity index (χ0v) is 18.0. The van der Waals surface area contributed by atoms with Crippen LogP contribution in [-0.2, 0) is 14.4 Å². The van der Waals surface area contributed by atoms with E-state index in [1.165, 1.54) is 17.1 Å². The number of aliphatic carboxylic acids is 1. The number of carbonyl (C=O) groups is 3. The first-order chi connectivity index (χ1) is 15.6. The van der Waals surface area contributed by atoms with Crippen molar-refractivity contribution >= 4 is 63.1 Å². The topological polar surface area (TPSA) is 230 Å². The molecular weight excluding hydrogens is 478 g/mol. The molecule has 2 aliphatic rings. The average Bonchev–Trinajstić information content (AvgIpc) is 3.22. The number of nitrogen functional groups attached to an aromatic ring is 2.